The molecule has 184 valence electrons. The smallest absolute Gasteiger partial charge is 0.408 e. The summed E-state index contributed by atoms with van der Waals surface area (Å²) in [5, 5.41) is 6.08. The summed E-state index contributed by atoms with van der Waals surface area (Å²) in [4.78, 5) is 31.6. The lowest BCUT2D eigenvalue weighted by Crippen LogP contribution is -2.46. The number of unbranched alkanes of at least 4 members (excludes halogenated alkanes) is 1. The van der Waals surface area contributed by atoms with Crippen LogP contribution in [0.1, 0.15) is 70.6 Å². The number of pyridine rings is 1. The molecule has 1 unspecified atom stereocenters. The van der Waals surface area contributed by atoms with Gasteiger partial charge in [0.15, 0.2) is 0 Å². The Bertz CT molecular complexity index is 804. The number of carbonyl (C=O) groups is 2. The lowest BCUT2D eigenvalue weighted by Gasteiger charge is -2.26. The third kappa shape index (κ3) is 8.50. The number of alkyl carbamates (subject to hydrolysis) is 1. The van der Waals surface area contributed by atoms with E-state index >= 15 is 0 Å². The van der Waals surface area contributed by atoms with Crippen molar-refractivity contribution < 1.29 is 19.1 Å². The van der Waals surface area contributed by atoms with Gasteiger partial charge in [-0.3, -0.25) is 0 Å². The van der Waals surface area contributed by atoms with Crippen LogP contribution < -0.4 is 10.6 Å². The normalized spacial score (nSPS) is 16.5. The number of amides is 1. The summed E-state index contributed by atoms with van der Waals surface area (Å²) in [6.07, 6.45) is 7.70. The van der Waals surface area contributed by atoms with E-state index in [1.165, 1.54) is 31.9 Å². The molecule has 1 amide bonds. The number of rotatable bonds is 11. The van der Waals surface area contributed by atoms with Crippen molar-refractivity contribution in [1.82, 2.24) is 15.2 Å². The molecule has 1 fully saturated rings. The third-order valence-corrected chi connectivity index (χ3v) is 6.02. The summed E-state index contributed by atoms with van der Waals surface area (Å²) < 4.78 is 10.2. The van der Waals surface area contributed by atoms with Gasteiger partial charge in [-0.2, -0.15) is 0 Å². The molecule has 2 heterocycles. The number of ether oxygens (including phenoxy) is 2. The van der Waals surface area contributed by atoms with Crippen LogP contribution in [0.2, 0.25) is 0 Å². The van der Waals surface area contributed by atoms with Crippen molar-refractivity contribution in [3.05, 3.63) is 23.4 Å². The van der Waals surface area contributed by atoms with Gasteiger partial charge in [0.05, 0.1) is 7.11 Å². The highest BCUT2D eigenvalue weighted by molar-refractivity contribution is 5.81. The standard InChI is InChI=1S/C25H40N4O4/c1-25(2,3)33-24(31)28-21(23(30)32-4)14-17-29(20-12-13-20)16-6-5-9-19-11-10-18-8-7-15-26-22(18)27-19/h10-11,20-21H,5-9,12-17H2,1-4H3,(H,26,27)(H,28,31). The first-order valence-corrected chi connectivity index (χ1v) is 12.3. The zero-order valence-electron chi connectivity index (χ0n) is 20.6. The molecular formula is C25H40N4O4. The zero-order valence-corrected chi connectivity index (χ0v) is 20.6. The number of aromatic nitrogens is 1. The summed E-state index contributed by atoms with van der Waals surface area (Å²) in [6.45, 7) is 8.12. The Kier molecular flexibility index (Phi) is 8.95. The molecular weight excluding hydrogens is 420 g/mol. The number of carbonyl (C=O) groups excluding carboxylic acids is 2. The molecule has 0 aromatic carbocycles. The molecule has 0 radical (unpaired) electrons. The molecule has 3 rings (SSSR count). The van der Waals surface area contributed by atoms with Gasteiger partial charge in [0.1, 0.15) is 17.5 Å². The SMILES string of the molecule is COC(=O)C(CCN(CCCCc1ccc2c(n1)NCCC2)C1CC1)NC(=O)OC(C)(C)C. The van der Waals surface area contributed by atoms with Crippen LogP contribution in [0.4, 0.5) is 10.6 Å². The van der Waals surface area contributed by atoms with E-state index in [-0.39, 0.29) is 0 Å². The van der Waals surface area contributed by atoms with Gasteiger partial charge in [-0.15, -0.1) is 0 Å². The summed E-state index contributed by atoms with van der Waals surface area (Å²) in [5.41, 5.74) is 1.85. The molecule has 2 aliphatic rings. The summed E-state index contributed by atoms with van der Waals surface area (Å²) in [6, 6.07) is 4.24. The highest BCUT2D eigenvalue weighted by atomic mass is 16.6. The van der Waals surface area contributed by atoms with Crippen molar-refractivity contribution >= 4 is 17.9 Å². The van der Waals surface area contributed by atoms with Crippen molar-refractivity contribution in [3.8, 4) is 0 Å². The maximum absolute atomic E-state index is 12.2. The predicted octanol–water partition coefficient (Wildman–Crippen LogP) is 3.68. The van der Waals surface area contributed by atoms with E-state index < -0.39 is 23.7 Å². The van der Waals surface area contributed by atoms with Crippen LogP contribution in [-0.4, -0.2) is 66.4 Å². The fraction of sp³-hybridized carbons (Fsp3) is 0.720. The number of nitrogens with one attached hydrogen (secondary N) is 2. The maximum Gasteiger partial charge on any atom is 0.408 e. The summed E-state index contributed by atoms with van der Waals surface area (Å²) in [7, 11) is 1.34. The van der Waals surface area contributed by atoms with Crippen LogP contribution in [0.25, 0.3) is 0 Å². The van der Waals surface area contributed by atoms with Crippen molar-refractivity contribution in [1.29, 1.82) is 0 Å². The second-order valence-corrected chi connectivity index (χ2v) is 10.1. The van der Waals surface area contributed by atoms with E-state index in [0.717, 1.165) is 56.8 Å². The third-order valence-electron chi connectivity index (χ3n) is 6.02. The average molecular weight is 461 g/mol. The summed E-state index contributed by atoms with van der Waals surface area (Å²) >= 11 is 0. The van der Waals surface area contributed by atoms with Gasteiger partial charge in [0.25, 0.3) is 0 Å². The van der Waals surface area contributed by atoms with Crippen LogP contribution in [0.15, 0.2) is 12.1 Å². The summed E-state index contributed by atoms with van der Waals surface area (Å²) in [5.74, 6) is 0.619. The Hall–Kier alpha value is -2.35. The Balaban J connectivity index is 1.44. The number of anilines is 1. The number of methoxy groups -OCH3 is 1. The molecule has 1 atom stereocenters. The van der Waals surface area contributed by atoms with E-state index in [2.05, 4.69) is 27.7 Å². The Morgan fingerprint density at radius 3 is 2.73 bits per heavy atom. The largest absolute Gasteiger partial charge is 0.467 e. The predicted molar refractivity (Wildman–Crippen MR) is 128 cm³/mol. The Labute approximate surface area is 197 Å². The maximum atomic E-state index is 12.2. The van der Waals surface area contributed by atoms with Gasteiger partial charge < -0.3 is 25.0 Å². The van der Waals surface area contributed by atoms with Gasteiger partial charge in [-0.1, -0.05) is 6.07 Å². The van der Waals surface area contributed by atoms with Crippen LogP contribution in [-0.2, 0) is 27.1 Å². The quantitative estimate of drug-likeness (QED) is 0.384. The van der Waals surface area contributed by atoms with Gasteiger partial charge >= 0.3 is 12.1 Å². The second-order valence-electron chi connectivity index (χ2n) is 10.1. The molecule has 1 aliphatic heterocycles. The van der Waals surface area contributed by atoms with Gasteiger partial charge in [-0.25, -0.2) is 14.6 Å². The number of fused-ring (bicyclic) bond motifs is 1. The molecule has 1 aromatic heterocycles. The first-order valence-electron chi connectivity index (χ1n) is 12.3. The minimum Gasteiger partial charge on any atom is -0.467 e. The van der Waals surface area contributed by atoms with E-state index in [1.807, 2.05) is 0 Å². The highest BCUT2D eigenvalue weighted by Gasteiger charge is 2.31. The fourth-order valence-electron chi connectivity index (χ4n) is 4.18. The number of hydrogen-bond acceptors (Lipinski definition) is 7. The minimum absolute atomic E-state index is 0.441. The van der Waals surface area contributed by atoms with E-state index in [0.29, 0.717) is 12.5 Å². The Morgan fingerprint density at radius 1 is 1.24 bits per heavy atom. The lowest BCUT2D eigenvalue weighted by molar-refractivity contribution is -0.143. The highest BCUT2D eigenvalue weighted by Crippen LogP contribution is 2.27. The monoisotopic (exact) mass is 460 g/mol. The molecule has 8 heteroatoms. The topological polar surface area (TPSA) is 92.8 Å². The number of nitrogens with zero attached hydrogens (tertiary/aromatic N) is 2. The number of esters is 1. The fourth-order valence-corrected chi connectivity index (χ4v) is 4.18. The van der Waals surface area contributed by atoms with E-state index in [9.17, 15) is 9.59 Å². The van der Waals surface area contributed by atoms with Crippen LogP contribution in [0, 0.1) is 0 Å². The molecule has 0 bridgehead atoms. The van der Waals surface area contributed by atoms with Crippen molar-refractivity contribution in [3.63, 3.8) is 0 Å². The molecule has 0 spiro atoms. The van der Waals surface area contributed by atoms with Crippen LogP contribution >= 0.6 is 0 Å². The minimum atomic E-state index is -0.710. The van der Waals surface area contributed by atoms with Gasteiger partial charge in [0, 0.05) is 24.8 Å². The number of aryl methyl sites for hydroxylation is 2. The molecule has 8 nitrogen and oxygen atoms in total. The van der Waals surface area contributed by atoms with Crippen molar-refractivity contribution in [2.24, 2.45) is 0 Å². The molecule has 1 aromatic rings. The lowest BCUT2D eigenvalue weighted by atomic mass is 10.1. The Morgan fingerprint density at radius 2 is 2.03 bits per heavy atom. The molecule has 1 saturated carbocycles. The second kappa shape index (κ2) is 11.7. The zero-order chi connectivity index (χ0) is 23.8. The molecule has 2 N–H and O–H groups in total. The molecule has 0 saturated heterocycles. The van der Waals surface area contributed by atoms with E-state index in [4.69, 9.17) is 14.5 Å². The van der Waals surface area contributed by atoms with Crippen molar-refractivity contribution in [2.45, 2.75) is 89.8 Å². The molecule has 33 heavy (non-hydrogen) atoms. The molecule has 1 aliphatic carbocycles. The van der Waals surface area contributed by atoms with Crippen LogP contribution in [0.3, 0.4) is 0 Å². The first-order chi connectivity index (χ1) is 15.7. The van der Waals surface area contributed by atoms with Gasteiger partial charge in [-0.05, 0) is 90.3 Å². The average Bonchev–Trinajstić information content (AvgIpc) is 3.61. The van der Waals surface area contributed by atoms with Crippen LogP contribution in [0.5, 0.6) is 0 Å². The number of hydrogen-bond donors (Lipinski definition) is 2. The van der Waals surface area contributed by atoms with Crippen molar-refractivity contribution in [2.75, 3.05) is 32.1 Å². The van der Waals surface area contributed by atoms with E-state index in [1.54, 1.807) is 20.8 Å². The van der Waals surface area contributed by atoms with Gasteiger partial charge in [0.2, 0.25) is 0 Å². The first kappa shape index (κ1) is 25.3.